The highest BCUT2D eigenvalue weighted by Gasteiger charge is 2.35. The molecule has 1 aliphatic heterocycles. The summed E-state index contributed by atoms with van der Waals surface area (Å²) in [6.45, 7) is 7.04. The highest BCUT2D eigenvalue weighted by Crippen LogP contribution is 2.46. The zero-order valence-corrected chi connectivity index (χ0v) is 18.0. The highest BCUT2D eigenvalue weighted by molar-refractivity contribution is 5.94. The lowest BCUT2D eigenvalue weighted by atomic mass is 9.98. The van der Waals surface area contributed by atoms with Gasteiger partial charge in [-0.2, -0.15) is 0 Å². The summed E-state index contributed by atoms with van der Waals surface area (Å²) in [5, 5.41) is 0. The third-order valence-electron chi connectivity index (χ3n) is 4.69. The number of hydrogen-bond donors (Lipinski definition) is 0. The Labute approximate surface area is 175 Å². The lowest BCUT2D eigenvalue weighted by molar-refractivity contribution is -0.163. The number of esters is 2. The van der Waals surface area contributed by atoms with Gasteiger partial charge in [0.05, 0.1) is 25.9 Å². The van der Waals surface area contributed by atoms with Crippen molar-refractivity contribution < 1.29 is 33.3 Å². The van der Waals surface area contributed by atoms with Crippen molar-refractivity contribution in [3.05, 3.63) is 41.5 Å². The number of rotatable bonds is 7. The van der Waals surface area contributed by atoms with E-state index in [0.717, 1.165) is 11.1 Å². The van der Waals surface area contributed by atoms with Gasteiger partial charge in [-0.15, -0.1) is 0 Å². The molecular weight excluding hydrogens is 388 g/mol. The van der Waals surface area contributed by atoms with Crippen LogP contribution in [0.4, 0.5) is 0 Å². The van der Waals surface area contributed by atoms with Crippen LogP contribution in [0.15, 0.2) is 30.3 Å². The van der Waals surface area contributed by atoms with E-state index in [1.54, 1.807) is 45.9 Å². The Morgan fingerprint density at radius 1 is 1.03 bits per heavy atom. The van der Waals surface area contributed by atoms with Crippen molar-refractivity contribution in [1.82, 2.24) is 0 Å². The maximum absolute atomic E-state index is 12.6. The van der Waals surface area contributed by atoms with E-state index in [-0.39, 0.29) is 18.7 Å². The Hall–Kier alpha value is -3.22. The molecule has 2 aromatic carbocycles. The minimum absolute atomic E-state index is 0.220. The van der Waals surface area contributed by atoms with Crippen molar-refractivity contribution in [3.63, 3.8) is 0 Å². The Morgan fingerprint density at radius 3 is 2.37 bits per heavy atom. The molecule has 0 aromatic heterocycles. The monoisotopic (exact) mass is 414 g/mol. The van der Waals surface area contributed by atoms with E-state index in [4.69, 9.17) is 23.7 Å². The minimum Gasteiger partial charge on any atom is -0.493 e. The van der Waals surface area contributed by atoms with Crippen LogP contribution in [0.3, 0.4) is 0 Å². The smallest absolute Gasteiger partial charge is 0.350 e. The van der Waals surface area contributed by atoms with Gasteiger partial charge in [0.15, 0.2) is 17.1 Å². The van der Waals surface area contributed by atoms with Crippen LogP contribution in [0.25, 0.3) is 11.1 Å². The predicted molar refractivity (Wildman–Crippen MR) is 110 cm³/mol. The lowest BCUT2D eigenvalue weighted by Gasteiger charge is -2.28. The standard InChI is InChI=1S/C23H26O7/c1-13(2)29-22(25)23(3,4)30-19-16(9-10-18(26-5)20(19)27-6)14-7-8-17-15(11-14)12-28-21(17)24/h7-11,13H,12H2,1-6H3. The molecule has 7 heteroatoms. The van der Waals surface area contributed by atoms with Crippen molar-refractivity contribution in [2.75, 3.05) is 14.2 Å². The van der Waals surface area contributed by atoms with Gasteiger partial charge in [-0.25, -0.2) is 9.59 Å². The van der Waals surface area contributed by atoms with Crippen LogP contribution in [0.1, 0.15) is 43.6 Å². The molecule has 7 nitrogen and oxygen atoms in total. The van der Waals surface area contributed by atoms with Crippen molar-refractivity contribution in [2.45, 2.75) is 46.0 Å². The van der Waals surface area contributed by atoms with Gasteiger partial charge >= 0.3 is 11.9 Å². The van der Waals surface area contributed by atoms with E-state index in [9.17, 15) is 9.59 Å². The van der Waals surface area contributed by atoms with Gasteiger partial charge in [-0.05, 0) is 57.5 Å². The second kappa shape index (κ2) is 8.26. The molecule has 0 atom stereocenters. The molecule has 0 fully saturated rings. The lowest BCUT2D eigenvalue weighted by Crippen LogP contribution is -2.41. The number of carbonyl (C=O) groups is 2. The zero-order chi connectivity index (χ0) is 22.1. The maximum Gasteiger partial charge on any atom is 0.350 e. The molecule has 0 amide bonds. The Bertz CT molecular complexity index is 976. The quantitative estimate of drug-likeness (QED) is 0.630. The Balaban J connectivity index is 2.11. The summed E-state index contributed by atoms with van der Waals surface area (Å²) >= 11 is 0. The first-order valence-corrected chi connectivity index (χ1v) is 9.63. The third-order valence-corrected chi connectivity index (χ3v) is 4.69. The summed E-state index contributed by atoms with van der Waals surface area (Å²) in [5.74, 6) is 0.323. The van der Waals surface area contributed by atoms with Gasteiger partial charge in [-0.1, -0.05) is 6.07 Å². The molecule has 0 unspecified atom stereocenters. The summed E-state index contributed by atoms with van der Waals surface area (Å²) in [6, 6.07) is 8.97. The predicted octanol–water partition coefficient (Wildman–Crippen LogP) is 4.15. The van der Waals surface area contributed by atoms with Crippen molar-refractivity contribution in [1.29, 1.82) is 0 Å². The zero-order valence-electron chi connectivity index (χ0n) is 18.0. The molecule has 160 valence electrons. The molecule has 1 aliphatic rings. The molecule has 0 spiro atoms. The molecule has 1 heterocycles. The van der Waals surface area contributed by atoms with Crippen LogP contribution >= 0.6 is 0 Å². The first kappa shape index (κ1) is 21.5. The fraction of sp³-hybridized carbons (Fsp3) is 0.391. The second-order valence-corrected chi connectivity index (χ2v) is 7.69. The van der Waals surface area contributed by atoms with Gasteiger partial charge < -0.3 is 23.7 Å². The van der Waals surface area contributed by atoms with E-state index >= 15 is 0 Å². The fourth-order valence-corrected chi connectivity index (χ4v) is 3.18. The first-order chi connectivity index (χ1) is 14.2. The van der Waals surface area contributed by atoms with E-state index in [1.807, 2.05) is 12.1 Å². The summed E-state index contributed by atoms with van der Waals surface area (Å²) < 4.78 is 27.6. The van der Waals surface area contributed by atoms with Gasteiger partial charge in [0, 0.05) is 11.1 Å². The SMILES string of the molecule is COc1ccc(-c2ccc3c(c2)COC3=O)c(OC(C)(C)C(=O)OC(C)C)c1OC. The van der Waals surface area contributed by atoms with E-state index in [2.05, 4.69) is 0 Å². The Kier molecular flexibility index (Phi) is 5.92. The Morgan fingerprint density at radius 2 is 1.73 bits per heavy atom. The normalized spacial score (nSPS) is 13.0. The third kappa shape index (κ3) is 4.06. The van der Waals surface area contributed by atoms with Gasteiger partial charge in [0.1, 0.15) is 6.61 Å². The number of ether oxygens (including phenoxy) is 5. The van der Waals surface area contributed by atoms with Crippen LogP contribution in [0.5, 0.6) is 17.2 Å². The second-order valence-electron chi connectivity index (χ2n) is 7.69. The minimum atomic E-state index is -1.28. The van der Waals surface area contributed by atoms with Crippen LogP contribution < -0.4 is 14.2 Å². The fourth-order valence-electron chi connectivity index (χ4n) is 3.18. The first-order valence-electron chi connectivity index (χ1n) is 9.63. The van der Waals surface area contributed by atoms with Crippen LogP contribution in [-0.2, 0) is 20.9 Å². The molecule has 0 bridgehead atoms. The van der Waals surface area contributed by atoms with Crippen molar-refractivity contribution in [3.8, 4) is 28.4 Å². The largest absolute Gasteiger partial charge is 0.493 e. The van der Waals surface area contributed by atoms with Crippen LogP contribution in [-0.4, -0.2) is 37.9 Å². The molecule has 0 N–H and O–H groups in total. The average molecular weight is 414 g/mol. The van der Waals surface area contributed by atoms with Crippen molar-refractivity contribution in [2.24, 2.45) is 0 Å². The summed E-state index contributed by atoms with van der Waals surface area (Å²) in [6.07, 6.45) is -0.277. The average Bonchev–Trinajstić information content (AvgIpc) is 3.07. The summed E-state index contributed by atoms with van der Waals surface area (Å²) in [4.78, 5) is 24.4. The van der Waals surface area contributed by atoms with Crippen LogP contribution in [0.2, 0.25) is 0 Å². The van der Waals surface area contributed by atoms with E-state index < -0.39 is 11.6 Å². The maximum atomic E-state index is 12.6. The van der Waals surface area contributed by atoms with Gasteiger partial charge in [-0.3, -0.25) is 0 Å². The van der Waals surface area contributed by atoms with Gasteiger partial charge in [0.2, 0.25) is 5.75 Å². The van der Waals surface area contributed by atoms with E-state index in [0.29, 0.717) is 28.4 Å². The number of cyclic esters (lactones) is 1. The molecule has 0 aliphatic carbocycles. The number of hydrogen-bond acceptors (Lipinski definition) is 7. The number of fused-ring (bicyclic) bond motifs is 1. The molecule has 0 saturated carbocycles. The highest BCUT2D eigenvalue weighted by atomic mass is 16.6. The number of carbonyl (C=O) groups excluding carboxylic acids is 2. The van der Waals surface area contributed by atoms with Gasteiger partial charge in [0.25, 0.3) is 0 Å². The number of benzene rings is 2. The molecule has 3 rings (SSSR count). The molecule has 0 saturated heterocycles. The van der Waals surface area contributed by atoms with E-state index in [1.165, 1.54) is 14.2 Å². The number of methoxy groups -OCH3 is 2. The molecule has 0 radical (unpaired) electrons. The summed E-state index contributed by atoms with van der Waals surface area (Å²) in [5.41, 5.74) is 1.52. The summed E-state index contributed by atoms with van der Waals surface area (Å²) in [7, 11) is 3.03. The topological polar surface area (TPSA) is 80.3 Å². The molecule has 30 heavy (non-hydrogen) atoms. The van der Waals surface area contributed by atoms with Crippen molar-refractivity contribution >= 4 is 11.9 Å². The molecular formula is C23H26O7. The van der Waals surface area contributed by atoms with Crippen LogP contribution in [0, 0.1) is 0 Å². The molecule has 2 aromatic rings.